The van der Waals surface area contributed by atoms with Crippen molar-refractivity contribution in [3.8, 4) is 6.07 Å². The Morgan fingerprint density at radius 2 is 2.19 bits per heavy atom. The lowest BCUT2D eigenvalue weighted by Crippen LogP contribution is -2.30. The molecule has 0 saturated carbocycles. The van der Waals surface area contributed by atoms with Crippen LogP contribution in [-0.4, -0.2) is 13.1 Å². The molecule has 0 fully saturated rings. The van der Waals surface area contributed by atoms with Gasteiger partial charge in [-0.3, -0.25) is 4.79 Å². The van der Waals surface area contributed by atoms with Crippen LogP contribution in [0.4, 0.5) is 4.39 Å². The van der Waals surface area contributed by atoms with Gasteiger partial charge in [-0.1, -0.05) is 18.2 Å². The Balaban J connectivity index is 3.00. The number of carbonyl (C=O) groups excluding carboxylic acids is 1. The maximum Gasteiger partial charge on any atom is 0.326 e. The number of methoxy groups -OCH3 is 1. The Hall–Kier alpha value is -1.89. The van der Waals surface area contributed by atoms with Gasteiger partial charge in [-0.25, -0.2) is 4.39 Å². The molecule has 1 rings (SSSR count). The lowest BCUT2D eigenvalue weighted by molar-refractivity contribution is -0.148. The minimum Gasteiger partial charge on any atom is -0.468 e. The Bertz CT molecular complexity index is 439. The topological polar surface area (TPSA) is 50.1 Å². The molecule has 84 valence electrons. The standard InChI is InChI=1S/C12H12FNO2/c1-12(8-14,11(15)16-2)7-9-5-3-4-6-10(9)13/h3-6H,7H2,1-2H3/t12-/m1/s1. The van der Waals surface area contributed by atoms with Crippen LogP contribution in [-0.2, 0) is 16.0 Å². The van der Waals surface area contributed by atoms with Gasteiger partial charge in [0.05, 0.1) is 13.2 Å². The largest absolute Gasteiger partial charge is 0.468 e. The molecule has 1 aromatic rings. The minimum atomic E-state index is -1.35. The molecule has 0 aromatic heterocycles. The summed E-state index contributed by atoms with van der Waals surface area (Å²) in [7, 11) is 1.21. The van der Waals surface area contributed by atoms with Gasteiger partial charge in [-0.15, -0.1) is 0 Å². The van der Waals surface area contributed by atoms with Crippen LogP contribution < -0.4 is 0 Å². The zero-order chi connectivity index (χ0) is 12.2. The monoisotopic (exact) mass is 221 g/mol. The van der Waals surface area contributed by atoms with Crippen molar-refractivity contribution in [2.24, 2.45) is 5.41 Å². The SMILES string of the molecule is COC(=O)[C@@](C)(C#N)Cc1ccccc1F. The first kappa shape index (κ1) is 12.2. The Morgan fingerprint density at radius 3 is 2.69 bits per heavy atom. The number of rotatable bonds is 3. The van der Waals surface area contributed by atoms with E-state index in [0.717, 1.165) is 0 Å². The number of hydrogen-bond donors (Lipinski definition) is 0. The van der Waals surface area contributed by atoms with Crippen LogP contribution in [0.3, 0.4) is 0 Å². The normalized spacial score (nSPS) is 13.6. The minimum absolute atomic E-state index is 0.00282. The number of hydrogen-bond acceptors (Lipinski definition) is 3. The van der Waals surface area contributed by atoms with Gasteiger partial charge in [0, 0.05) is 6.42 Å². The Morgan fingerprint density at radius 1 is 1.56 bits per heavy atom. The molecule has 0 unspecified atom stereocenters. The second kappa shape index (κ2) is 4.75. The Kier molecular flexibility index (Phi) is 3.62. The molecule has 0 amide bonds. The summed E-state index contributed by atoms with van der Waals surface area (Å²) >= 11 is 0. The van der Waals surface area contributed by atoms with E-state index in [4.69, 9.17) is 5.26 Å². The van der Waals surface area contributed by atoms with Crippen LogP contribution in [0.25, 0.3) is 0 Å². The molecule has 3 nitrogen and oxygen atoms in total. The highest BCUT2D eigenvalue weighted by atomic mass is 19.1. The maximum absolute atomic E-state index is 13.4. The summed E-state index contributed by atoms with van der Waals surface area (Å²) in [5.41, 5.74) is -1.02. The van der Waals surface area contributed by atoms with Crippen molar-refractivity contribution in [1.29, 1.82) is 5.26 Å². The number of carbonyl (C=O) groups is 1. The fourth-order valence-corrected chi connectivity index (χ4v) is 1.41. The van der Waals surface area contributed by atoms with E-state index < -0.39 is 17.2 Å². The number of halogens is 1. The summed E-state index contributed by atoms with van der Waals surface area (Å²) in [6, 6.07) is 7.93. The summed E-state index contributed by atoms with van der Waals surface area (Å²) in [5, 5.41) is 8.97. The molecule has 16 heavy (non-hydrogen) atoms. The number of ether oxygens (including phenoxy) is 1. The second-order valence-electron chi connectivity index (χ2n) is 3.70. The molecule has 0 spiro atoms. The van der Waals surface area contributed by atoms with Crippen molar-refractivity contribution in [3.63, 3.8) is 0 Å². The zero-order valence-electron chi connectivity index (χ0n) is 9.16. The molecular formula is C12H12FNO2. The molecule has 0 aliphatic carbocycles. The number of esters is 1. The van der Waals surface area contributed by atoms with Gasteiger partial charge in [-0.05, 0) is 18.6 Å². The zero-order valence-corrected chi connectivity index (χ0v) is 9.16. The third-order valence-electron chi connectivity index (χ3n) is 2.38. The molecule has 4 heteroatoms. The quantitative estimate of drug-likeness (QED) is 0.734. The molecule has 0 aliphatic heterocycles. The first-order valence-electron chi connectivity index (χ1n) is 4.76. The van der Waals surface area contributed by atoms with Crippen molar-refractivity contribution in [2.75, 3.05) is 7.11 Å². The van der Waals surface area contributed by atoms with Crippen LogP contribution >= 0.6 is 0 Å². The van der Waals surface area contributed by atoms with Crippen LogP contribution in [0.1, 0.15) is 12.5 Å². The molecule has 0 heterocycles. The average Bonchev–Trinajstić information content (AvgIpc) is 2.31. The average molecular weight is 221 g/mol. The van der Waals surface area contributed by atoms with Gasteiger partial charge >= 0.3 is 5.97 Å². The van der Waals surface area contributed by atoms with Crippen LogP contribution in [0, 0.1) is 22.6 Å². The van der Waals surface area contributed by atoms with E-state index in [2.05, 4.69) is 4.74 Å². The summed E-state index contributed by atoms with van der Waals surface area (Å²) < 4.78 is 17.9. The van der Waals surface area contributed by atoms with Crippen LogP contribution in [0.15, 0.2) is 24.3 Å². The van der Waals surface area contributed by atoms with Gasteiger partial charge < -0.3 is 4.74 Å². The summed E-state index contributed by atoms with van der Waals surface area (Å²) in [6.07, 6.45) is 0.00282. The molecular weight excluding hydrogens is 209 g/mol. The van der Waals surface area contributed by atoms with E-state index in [1.54, 1.807) is 18.2 Å². The summed E-state index contributed by atoms with van der Waals surface area (Å²) in [6.45, 7) is 1.44. The number of nitrogens with zero attached hydrogens (tertiary/aromatic N) is 1. The van der Waals surface area contributed by atoms with Crippen molar-refractivity contribution >= 4 is 5.97 Å². The smallest absolute Gasteiger partial charge is 0.326 e. The van der Waals surface area contributed by atoms with Crippen LogP contribution in [0.2, 0.25) is 0 Å². The second-order valence-corrected chi connectivity index (χ2v) is 3.70. The highest BCUT2D eigenvalue weighted by Gasteiger charge is 2.35. The van der Waals surface area contributed by atoms with Gasteiger partial charge in [0.1, 0.15) is 5.82 Å². The van der Waals surface area contributed by atoms with E-state index in [0.29, 0.717) is 5.56 Å². The highest BCUT2D eigenvalue weighted by Crippen LogP contribution is 2.24. The predicted molar refractivity (Wildman–Crippen MR) is 55.8 cm³/mol. The molecule has 1 atom stereocenters. The van der Waals surface area contributed by atoms with E-state index in [1.807, 2.05) is 6.07 Å². The summed E-state index contributed by atoms with van der Waals surface area (Å²) in [4.78, 5) is 11.4. The Labute approximate surface area is 93.5 Å². The fraction of sp³-hybridized carbons (Fsp3) is 0.333. The lowest BCUT2D eigenvalue weighted by atomic mass is 9.85. The summed E-state index contributed by atoms with van der Waals surface area (Å²) in [5.74, 6) is -1.08. The first-order chi connectivity index (χ1) is 7.53. The van der Waals surface area contributed by atoms with E-state index >= 15 is 0 Å². The van der Waals surface area contributed by atoms with E-state index in [9.17, 15) is 9.18 Å². The third-order valence-corrected chi connectivity index (χ3v) is 2.38. The van der Waals surface area contributed by atoms with E-state index in [1.165, 1.54) is 20.1 Å². The van der Waals surface area contributed by atoms with Crippen molar-refractivity contribution in [1.82, 2.24) is 0 Å². The first-order valence-corrected chi connectivity index (χ1v) is 4.76. The van der Waals surface area contributed by atoms with Gasteiger partial charge in [0.15, 0.2) is 5.41 Å². The molecule has 0 saturated heterocycles. The van der Waals surface area contributed by atoms with Gasteiger partial charge in [-0.2, -0.15) is 5.26 Å². The molecule has 1 aromatic carbocycles. The maximum atomic E-state index is 13.4. The predicted octanol–water partition coefficient (Wildman–Crippen LogP) is 2.07. The number of nitriles is 1. The van der Waals surface area contributed by atoms with Gasteiger partial charge in [0.2, 0.25) is 0 Å². The number of benzene rings is 1. The third kappa shape index (κ3) is 2.37. The molecule has 0 N–H and O–H groups in total. The molecule has 0 aliphatic rings. The van der Waals surface area contributed by atoms with Crippen molar-refractivity contribution in [2.45, 2.75) is 13.3 Å². The van der Waals surface area contributed by atoms with E-state index in [-0.39, 0.29) is 6.42 Å². The van der Waals surface area contributed by atoms with Crippen LogP contribution in [0.5, 0.6) is 0 Å². The van der Waals surface area contributed by atoms with Gasteiger partial charge in [0.25, 0.3) is 0 Å². The highest BCUT2D eigenvalue weighted by molar-refractivity contribution is 5.79. The lowest BCUT2D eigenvalue weighted by Gasteiger charge is -2.18. The van der Waals surface area contributed by atoms with Crippen molar-refractivity contribution in [3.05, 3.63) is 35.6 Å². The van der Waals surface area contributed by atoms with Crippen molar-refractivity contribution < 1.29 is 13.9 Å². The molecule has 0 bridgehead atoms. The fourth-order valence-electron chi connectivity index (χ4n) is 1.41. The molecule has 0 radical (unpaired) electrons.